The van der Waals surface area contributed by atoms with E-state index >= 15 is 0 Å². The fourth-order valence-corrected chi connectivity index (χ4v) is 5.39. The van der Waals surface area contributed by atoms with Gasteiger partial charge in [-0.05, 0) is 43.5 Å². The molecule has 146 valence electrons. The fraction of sp³-hybridized carbons (Fsp3) is 0.300. The van der Waals surface area contributed by atoms with Gasteiger partial charge < -0.3 is 4.74 Å². The molecule has 4 rings (SSSR count). The summed E-state index contributed by atoms with van der Waals surface area (Å²) in [5, 5.41) is 10.4. The van der Waals surface area contributed by atoms with Crippen molar-refractivity contribution in [1.82, 2.24) is 14.5 Å². The minimum Gasteiger partial charge on any atom is -0.473 e. The molecule has 0 saturated carbocycles. The Labute approximate surface area is 169 Å². The molecule has 28 heavy (non-hydrogen) atoms. The van der Waals surface area contributed by atoms with Crippen molar-refractivity contribution in [3.8, 4) is 5.88 Å². The summed E-state index contributed by atoms with van der Waals surface area (Å²) in [4.78, 5) is 0.263. The van der Waals surface area contributed by atoms with Crippen molar-refractivity contribution in [2.45, 2.75) is 30.8 Å². The van der Waals surface area contributed by atoms with Crippen LogP contribution < -0.4 is 4.74 Å². The van der Waals surface area contributed by atoms with Gasteiger partial charge in [-0.3, -0.25) is 0 Å². The van der Waals surface area contributed by atoms with Gasteiger partial charge in [-0.2, -0.15) is 9.40 Å². The molecule has 0 atom stereocenters. The summed E-state index contributed by atoms with van der Waals surface area (Å²) >= 11 is 6.10. The highest BCUT2D eigenvalue weighted by Gasteiger charge is 2.31. The molecule has 0 N–H and O–H groups in total. The summed E-state index contributed by atoms with van der Waals surface area (Å²) in [6.45, 7) is 2.50. The van der Waals surface area contributed by atoms with Crippen LogP contribution in [0, 0.1) is 6.92 Å². The number of hydrogen-bond acceptors (Lipinski definition) is 5. The van der Waals surface area contributed by atoms with Gasteiger partial charge in [-0.25, -0.2) is 8.42 Å². The van der Waals surface area contributed by atoms with Crippen LogP contribution in [0.5, 0.6) is 5.88 Å². The summed E-state index contributed by atoms with van der Waals surface area (Å²) in [6, 6.07) is 12.7. The molecule has 6 nitrogen and oxygen atoms in total. The van der Waals surface area contributed by atoms with Crippen LogP contribution in [0.2, 0.25) is 5.02 Å². The maximum atomic E-state index is 13.0. The molecular weight excluding hydrogens is 398 g/mol. The lowest BCUT2D eigenvalue weighted by Crippen LogP contribution is -2.42. The maximum Gasteiger partial charge on any atom is 0.243 e. The van der Waals surface area contributed by atoms with Crippen LogP contribution in [0.3, 0.4) is 0 Å². The van der Waals surface area contributed by atoms with Gasteiger partial charge in [0.1, 0.15) is 6.10 Å². The monoisotopic (exact) mass is 417 g/mol. The smallest absolute Gasteiger partial charge is 0.243 e. The first-order chi connectivity index (χ1) is 13.5. The van der Waals surface area contributed by atoms with Crippen LogP contribution >= 0.6 is 11.6 Å². The fourth-order valence-electron chi connectivity index (χ4n) is 3.44. The van der Waals surface area contributed by atoms with Crippen LogP contribution in [0.15, 0.2) is 53.6 Å². The van der Waals surface area contributed by atoms with E-state index < -0.39 is 10.0 Å². The molecule has 1 aliphatic heterocycles. The Balaban J connectivity index is 1.48. The molecule has 1 fully saturated rings. The zero-order chi connectivity index (χ0) is 19.7. The molecule has 0 aliphatic carbocycles. The molecule has 1 aromatic heterocycles. The zero-order valence-corrected chi connectivity index (χ0v) is 16.9. The summed E-state index contributed by atoms with van der Waals surface area (Å²) in [5.74, 6) is 0.491. The molecule has 2 aromatic carbocycles. The van der Waals surface area contributed by atoms with Crippen molar-refractivity contribution >= 4 is 32.4 Å². The zero-order valence-electron chi connectivity index (χ0n) is 15.4. The van der Waals surface area contributed by atoms with Gasteiger partial charge in [0.05, 0.1) is 11.1 Å². The summed E-state index contributed by atoms with van der Waals surface area (Å²) < 4.78 is 33.6. The summed E-state index contributed by atoms with van der Waals surface area (Å²) in [5.41, 5.74) is 0.577. The van der Waals surface area contributed by atoms with Crippen molar-refractivity contribution in [3.63, 3.8) is 0 Å². The molecule has 1 saturated heterocycles. The molecule has 8 heteroatoms. The maximum absolute atomic E-state index is 13.0. The number of nitrogens with zero attached hydrogens (tertiary/aromatic N) is 3. The van der Waals surface area contributed by atoms with Crippen LogP contribution in [0.1, 0.15) is 18.4 Å². The molecular formula is C20H20ClN3O3S. The minimum atomic E-state index is -3.58. The van der Waals surface area contributed by atoms with Gasteiger partial charge in [0, 0.05) is 28.9 Å². The Morgan fingerprint density at radius 3 is 2.64 bits per heavy atom. The normalized spacial score (nSPS) is 16.4. The highest BCUT2D eigenvalue weighted by molar-refractivity contribution is 7.89. The molecule has 0 unspecified atom stereocenters. The number of aromatic nitrogens is 2. The second-order valence-electron chi connectivity index (χ2n) is 6.82. The standard InChI is InChI=1S/C20H20ClN3O3S/c1-14-18(21)7-4-8-19(14)28(25,26)24-11-9-16(10-12-24)27-20-17-6-3-2-5-15(17)13-22-23-20/h2-8,13,16H,9-12H2,1H3. The van der Waals surface area contributed by atoms with Gasteiger partial charge in [0.25, 0.3) is 0 Å². The van der Waals surface area contributed by atoms with Crippen LogP contribution in [0.4, 0.5) is 0 Å². The minimum absolute atomic E-state index is 0.105. The second kappa shape index (κ2) is 7.66. The Kier molecular flexibility index (Phi) is 5.23. The molecule has 2 heterocycles. The van der Waals surface area contributed by atoms with E-state index in [0.717, 1.165) is 10.8 Å². The molecule has 1 aliphatic rings. The molecule has 0 amide bonds. The number of fused-ring (bicyclic) bond motifs is 1. The summed E-state index contributed by atoms with van der Waals surface area (Å²) in [7, 11) is -3.58. The van der Waals surface area contributed by atoms with Crippen molar-refractivity contribution in [2.24, 2.45) is 0 Å². The Hall–Kier alpha value is -2.22. The Bertz CT molecular complexity index is 1110. The van der Waals surface area contributed by atoms with E-state index in [9.17, 15) is 8.42 Å². The third kappa shape index (κ3) is 3.57. The van der Waals surface area contributed by atoms with Crippen molar-refractivity contribution in [3.05, 3.63) is 59.2 Å². The van der Waals surface area contributed by atoms with Gasteiger partial charge in [-0.15, -0.1) is 5.10 Å². The average Bonchev–Trinajstić information content (AvgIpc) is 2.71. The average molecular weight is 418 g/mol. The topological polar surface area (TPSA) is 72.4 Å². The van der Waals surface area contributed by atoms with Crippen LogP contribution in [0.25, 0.3) is 10.8 Å². The third-order valence-electron chi connectivity index (χ3n) is 5.05. The molecule has 0 bridgehead atoms. The van der Waals surface area contributed by atoms with Crippen LogP contribution in [-0.4, -0.2) is 42.1 Å². The molecule has 0 spiro atoms. The van der Waals surface area contributed by atoms with E-state index in [2.05, 4.69) is 10.2 Å². The summed E-state index contributed by atoms with van der Waals surface area (Å²) in [6.07, 6.45) is 2.77. The van der Waals surface area contributed by atoms with Crippen LogP contribution in [-0.2, 0) is 10.0 Å². The van der Waals surface area contributed by atoms with Crippen molar-refractivity contribution in [2.75, 3.05) is 13.1 Å². The number of hydrogen-bond donors (Lipinski definition) is 0. The van der Waals surface area contributed by atoms with Gasteiger partial charge in [0.15, 0.2) is 0 Å². The SMILES string of the molecule is Cc1c(Cl)cccc1S(=O)(=O)N1CCC(Oc2nncc3ccccc23)CC1. The quantitative estimate of drug-likeness (QED) is 0.645. The number of ether oxygens (including phenoxy) is 1. The van der Waals surface area contributed by atoms with E-state index in [1.165, 1.54) is 4.31 Å². The molecule has 0 radical (unpaired) electrons. The second-order valence-corrected chi connectivity index (χ2v) is 9.13. The Morgan fingerprint density at radius 2 is 1.86 bits per heavy atom. The van der Waals surface area contributed by atoms with Gasteiger partial charge in [0.2, 0.25) is 15.9 Å². The lowest BCUT2D eigenvalue weighted by atomic mass is 10.1. The number of sulfonamides is 1. The van der Waals surface area contributed by atoms with E-state index in [4.69, 9.17) is 16.3 Å². The number of halogens is 1. The first kappa shape index (κ1) is 19.1. The van der Waals surface area contributed by atoms with Crippen molar-refractivity contribution < 1.29 is 13.2 Å². The first-order valence-electron chi connectivity index (χ1n) is 9.09. The lowest BCUT2D eigenvalue weighted by Gasteiger charge is -2.31. The predicted molar refractivity (Wildman–Crippen MR) is 108 cm³/mol. The third-order valence-corrected chi connectivity index (χ3v) is 7.50. The number of benzene rings is 2. The first-order valence-corrected chi connectivity index (χ1v) is 10.9. The van der Waals surface area contributed by atoms with E-state index in [1.54, 1.807) is 31.3 Å². The lowest BCUT2D eigenvalue weighted by molar-refractivity contribution is 0.130. The van der Waals surface area contributed by atoms with E-state index in [0.29, 0.717) is 42.4 Å². The molecule has 3 aromatic rings. The highest BCUT2D eigenvalue weighted by Crippen LogP contribution is 2.29. The predicted octanol–water partition coefficient (Wildman–Crippen LogP) is 3.82. The van der Waals surface area contributed by atoms with E-state index in [-0.39, 0.29) is 11.0 Å². The van der Waals surface area contributed by atoms with Crippen molar-refractivity contribution in [1.29, 1.82) is 0 Å². The highest BCUT2D eigenvalue weighted by atomic mass is 35.5. The van der Waals surface area contributed by atoms with Gasteiger partial charge >= 0.3 is 0 Å². The number of piperidine rings is 1. The Morgan fingerprint density at radius 1 is 1.11 bits per heavy atom. The van der Waals surface area contributed by atoms with Gasteiger partial charge in [-0.1, -0.05) is 35.9 Å². The van der Waals surface area contributed by atoms with E-state index in [1.807, 2.05) is 24.3 Å². The largest absolute Gasteiger partial charge is 0.473 e. The number of rotatable bonds is 4.